The first kappa shape index (κ1) is 15.2. The number of carbonyl (C=O) groups is 1. The number of rotatable bonds is 4. The van der Waals surface area contributed by atoms with Crippen LogP contribution in [0.4, 0.5) is 0 Å². The average Bonchev–Trinajstić information content (AvgIpc) is 2.31. The average molecular weight is 312 g/mol. The quantitative estimate of drug-likeness (QED) is 0.795. The first-order valence-corrected chi connectivity index (χ1v) is 6.97. The van der Waals surface area contributed by atoms with Crippen LogP contribution < -0.4 is 0 Å². The molecule has 0 atom stereocenters. The molecule has 0 aliphatic heterocycles. The lowest BCUT2D eigenvalue weighted by Crippen LogP contribution is -2.32. The van der Waals surface area contributed by atoms with Crippen LogP contribution in [-0.4, -0.2) is 39.4 Å². The predicted octanol–water partition coefficient (Wildman–Crippen LogP) is 1.79. The highest BCUT2D eigenvalue weighted by atomic mass is 35.5. The van der Waals surface area contributed by atoms with Crippen LogP contribution in [-0.2, 0) is 19.6 Å². The molecule has 0 saturated carbocycles. The molecule has 1 aromatic rings. The lowest BCUT2D eigenvalue weighted by atomic mass is 10.4. The molecule has 18 heavy (non-hydrogen) atoms. The van der Waals surface area contributed by atoms with E-state index in [0.717, 1.165) is 4.31 Å². The van der Waals surface area contributed by atoms with E-state index in [1.807, 2.05) is 0 Å². The molecule has 0 aromatic heterocycles. The van der Waals surface area contributed by atoms with Crippen LogP contribution in [0.3, 0.4) is 0 Å². The minimum absolute atomic E-state index is 0.0381. The third-order valence-corrected chi connectivity index (χ3v) is 4.68. The summed E-state index contributed by atoms with van der Waals surface area (Å²) in [7, 11) is -1.45. The smallest absolute Gasteiger partial charge is 0.321 e. The van der Waals surface area contributed by atoms with E-state index in [1.54, 1.807) is 0 Å². The second-order valence-electron chi connectivity index (χ2n) is 3.41. The summed E-state index contributed by atoms with van der Waals surface area (Å²) in [6, 6.07) is 4.08. The van der Waals surface area contributed by atoms with Gasteiger partial charge in [0.05, 0.1) is 12.1 Å². The SMILES string of the molecule is COC(=O)CN(C)S(=O)(=O)c1cc(Cl)ccc1Cl. The van der Waals surface area contributed by atoms with Crippen molar-refractivity contribution in [2.75, 3.05) is 20.7 Å². The number of ether oxygens (including phenoxy) is 1. The Kier molecular flexibility index (Phi) is 4.98. The second kappa shape index (κ2) is 5.88. The number of nitrogens with zero attached hydrogens (tertiary/aromatic N) is 1. The third-order valence-electron chi connectivity index (χ3n) is 2.16. The maximum atomic E-state index is 12.1. The summed E-state index contributed by atoms with van der Waals surface area (Å²) in [5.74, 6) is -0.667. The summed E-state index contributed by atoms with van der Waals surface area (Å²) >= 11 is 11.5. The summed E-state index contributed by atoms with van der Waals surface area (Å²) in [6.07, 6.45) is 0. The van der Waals surface area contributed by atoms with Gasteiger partial charge < -0.3 is 4.74 Å². The molecule has 0 bridgehead atoms. The summed E-state index contributed by atoms with van der Waals surface area (Å²) in [4.78, 5) is 10.9. The van der Waals surface area contributed by atoms with Crippen molar-refractivity contribution < 1.29 is 17.9 Å². The molecule has 100 valence electrons. The van der Waals surface area contributed by atoms with Crippen molar-refractivity contribution in [2.45, 2.75) is 4.90 Å². The monoisotopic (exact) mass is 311 g/mol. The highest BCUT2D eigenvalue weighted by Gasteiger charge is 2.25. The van der Waals surface area contributed by atoms with E-state index < -0.39 is 22.5 Å². The zero-order valence-corrected chi connectivity index (χ0v) is 12.0. The number of benzene rings is 1. The van der Waals surface area contributed by atoms with E-state index in [9.17, 15) is 13.2 Å². The maximum absolute atomic E-state index is 12.1. The van der Waals surface area contributed by atoms with E-state index in [4.69, 9.17) is 23.2 Å². The minimum atomic E-state index is -3.88. The molecule has 0 fully saturated rings. The van der Waals surface area contributed by atoms with Gasteiger partial charge in [-0.1, -0.05) is 23.2 Å². The first-order valence-electron chi connectivity index (χ1n) is 4.77. The Morgan fingerprint density at radius 2 is 2.00 bits per heavy atom. The zero-order chi connectivity index (χ0) is 13.9. The first-order chi connectivity index (χ1) is 8.28. The summed E-state index contributed by atoms with van der Waals surface area (Å²) in [5.41, 5.74) is 0. The van der Waals surface area contributed by atoms with Crippen LogP contribution >= 0.6 is 23.2 Å². The Morgan fingerprint density at radius 3 is 2.56 bits per heavy atom. The number of hydrogen-bond acceptors (Lipinski definition) is 4. The van der Waals surface area contributed by atoms with Gasteiger partial charge in [-0.05, 0) is 18.2 Å². The summed E-state index contributed by atoms with van der Waals surface area (Å²) in [6.45, 7) is -0.401. The standard InChI is InChI=1S/C10H11Cl2NO4S/c1-13(6-10(14)17-2)18(15,16)9-5-7(11)3-4-8(9)12/h3-5H,6H2,1-2H3. The Balaban J connectivity index is 3.13. The highest BCUT2D eigenvalue weighted by Crippen LogP contribution is 2.27. The number of carbonyl (C=O) groups excluding carboxylic acids is 1. The van der Waals surface area contributed by atoms with Crippen LogP contribution in [0, 0.1) is 0 Å². The van der Waals surface area contributed by atoms with Crippen LogP contribution in [0.2, 0.25) is 10.0 Å². The molecule has 0 spiro atoms. The molecule has 8 heteroatoms. The van der Waals surface area contributed by atoms with Crippen molar-refractivity contribution >= 4 is 39.2 Å². The van der Waals surface area contributed by atoms with Crippen molar-refractivity contribution in [1.82, 2.24) is 4.31 Å². The number of likely N-dealkylation sites (N-methyl/N-ethyl adjacent to an activating group) is 1. The molecule has 0 saturated heterocycles. The van der Waals surface area contributed by atoms with Gasteiger partial charge in [0.15, 0.2) is 0 Å². The van der Waals surface area contributed by atoms with Gasteiger partial charge in [-0.3, -0.25) is 4.79 Å². The number of sulfonamides is 1. The van der Waals surface area contributed by atoms with E-state index in [0.29, 0.717) is 0 Å². The van der Waals surface area contributed by atoms with Gasteiger partial charge >= 0.3 is 5.97 Å². The summed E-state index contributed by atoms with van der Waals surface area (Å²) < 4.78 is 29.5. The number of hydrogen-bond donors (Lipinski definition) is 0. The number of methoxy groups -OCH3 is 1. The van der Waals surface area contributed by atoms with Crippen molar-refractivity contribution in [3.05, 3.63) is 28.2 Å². The van der Waals surface area contributed by atoms with Crippen LogP contribution in [0.25, 0.3) is 0 Å². The number of halogens is 2. The lowest BCUT2D eigenvalue weighted by Gasteiger charge is -2.16. The largest absolute Gasteiger partial charge is 0.468 e. The molecule has 0 radical (unpaired) electrons. The van der Waals surface area contributed by atoms with Gasteiger partial charge in [0.1, 0.15) is 11.4 Å². The molecule has 0 heterocycles. The normalized spacial score (nSPS) is 11.6. The molecular weight excluding hydrogens is 301 g/mol. The fourth-order valence-corrected chi connectivity index (χ4v) is 3.02. The minimum Gasteiger partial charge on any atom is -0.468 e. The highest BCUT2D eigenvalue weighted by molar-refractivity contribution is 7.89. The topological polar surface area (TPSA) is 63.7 Å². The lowest BCUT2D eigenvalue weighted by molar-refractivity contribution is -0.140. The van der Waals surface area contributed by atoms with Gasteiger partial charge in [-0.25, -0.2) is 8.42 Å². The van der Waals surface area contributed by atoms with E-state index in [2.05, 4.69) is 4.74 Å². The second-order valence-corrected chi connectivity index (χ2v) is 6.27. The molecule has 5 nitrogen and oxygen atoms in total. The van der Waals surface area contributed by atoms with Gasteiger partial charge in [-0.2, -0.15) is 4.31 Å². The molecule has 1 aromatic carbocycles. The van der Waals surface area contributed by atoms with Crippen LogP contribution in [0.5, 0.6) is 0 Å². The van der Waals surface area contributed by atoms with Gasteiger partial charge in [-0.15, -0.1) is 0 Å². The van der Waals surface area contributed by atoms with Crippen LogP contribution in [0.15, 0.2) is 23.1 Å². The van der Waals surface area contributed by atoms with Crippen molar-refractivity contribution in [1.29, 1.82) is 0 Å². The third kappa shape index (κ3) is 3.35. The van der Waals surface area contributed by atoms with E-state index >= 15 is 0 Å². The van der Waals surface area contributed by atoms with Gasteiger partial charge in [0, 0.05) is 12.1 Å². The molecule has 1 rings (SSSR count). The fraction of sp³-hybridized carbons (Fsp3) is 0.300. The van der Waals surface area contributed by atoms with Gasteiger partial charge in [0.2, 0.25) is 10.0 Å². The Morgan fingerprint density at radius 1 is 1.39 bits per heavy atom. The predicted molar refractivity (Wildman–Crippen MR) is 68.3 cm³/mol. The molecule has 0 aliphatic rings. The molecule has 0 N–H and O–H groups in total. The van der Waals surface area contributed by atoms with Crippen molar-refractivity contribution in [3.63, 3.8) is 0 Å². The fourth-order valence-electron chi connectivity index (χ4n) is 1.17. The van der Waals surface area contributed by atoms with Crippen molar-refractivity contribution in [2.24, 2.45) is 0 Å². The van der Waals surface area contributed by atoms with Crippen LogP contribution in [0.1, 0.15) is 0 Å². The Labute approximate surface area is 115 Å². The van der Waals surface area contributed by atoms with Crippen molar-refractivity contribution in [3.8, 4) is 0 Å². The molecule has 0 aliphatic carbocycles. The van der Waals surface area contributed by atoms with Gasteiger partial charge in [0.25, 0.3) is 0 Å². The van der Waals surface area contributed by atoms with E-state index in [-0.39, 0.29) is 14.9 Å². The molecule has 0 amide bonds. The summed E-state index contributed by atoms with van der Waals surface area (Å²) in [5, 5.41) is 0.278. The zero-order valence-electron chi connectivity index (χ0n) is 9.68. The molecule has 0 unspecified atom stereocenters. The maximum Gasteiger partial charge on any atom is 0.321 e. The van der Waals surface area contributed by atoms with E-state index in [1.165, 1.54) is 32.4 Å². The number of esters is 1. The Bertz CT molecular complexity index is 559. The Hall–Kier alpha value is -0.820. The molecular formula is C10H11Cl2NO4S.